The molecule has 0 bridgehead atoms. The highest BCUT2D eigenvalue weighted by molar-refractivity contribution is 7.91. The van der Waals surface area contributed by atoms with Crippen molar-refractivity contribution in [2.75, 3.05) is 11.5 Å². The van der Waals surface area contributed by atoms with Crippen molar-refractivity contribution in [1.29, 1.82) is 0 Å². The average molecular weight is 449 g/mol. The minimum absolute atomic E-state index is 0.135. The molecular weight excluding hydrogens is 420 g/mol. The Morgan fingerprint density at radius 3 is 2.43 bits per heavy atom. The number of nitrogens with zero attached hydrogens (tertiary/aromatic N) is 3. The average Bonchev–Trinajstić information content (AvgIpc) is 3.05. The monoisotopic (exact) mass is 448 g/mol. The Hall–Kier alpha value is -2.12. The van der Waals surface area contributed by atoms with Crippen LogP contribution in [-0.4, -0.2) is 28.7 Å². The normalized spacial score (nSPS) is 12.0. The molecule has 162 valence electrons. The number of pyridine rings is 1. The Morgan fingerprint density at radius 1 is 1.07 bits per heavy atom. The molecule has 3 rings (SSSR count). The van der Waals surface area contributed by atoms with Gasteiger partial charge in [-0.15, -0.1) is 0 Å². The van der Waals surface area contributed by atoms with Crippen molar-refractivity contribution in [2.45, 2.75) is 64.3 Å². The number of anilines is 1. The molecular formula is C22H29ClN4O2S. The van der Waals surface area contributed by atoms with E-state index in [1.54, 1.807) is 24.3 Å². The molecule has 2 heterocycles. The number of rotatable bonds is 9. The number of sulfone groups is 1. The van der Waals surface area contributed by atoms with Crippen molar-refractivity contribution in [3.8, 4) is 0 Å². The van der Waals surface area contributed by atoms with E-state index in [0.717, 1.165) is 60.3 Å². The third kappa shape index (κ3) is 4.78. The molecule has 0 spiro atoms. The number of halogens is 1. The van der Waals surface area contributed by atoms with E-state index in [4.69, 9.17) is 22.3 Å². The molecule has 1 aromatic carbocycles. The van der Waals surface area contributed by atoms with Crippen LogP contribution in [0.2, 0.25) is 5.02 Å². The molecule has 2 aromatic heterocycles. The molecule has 3 aromatic rings. The number of fused-ring (bicyclic) bond motifs is 1. The summed E-state index contributed by atoms with van der Waals surface area (Å²) in [6.45, 7) is 6.93. The van der Waals surface area contributed by atoms with E-state index >= 15 is 0 Å². The summed E-state index contributed by atoms with van der Waals surface area (Å²) in [4.78, 5) is 9.50. The lowest BCUT2D eigenvalue weighted by atomic mass is 10.2. The first kappa shape index (κ1) is 22.6. The van der Waals surface area contributed by atoms with Gasteiger partial charge in [0.15, 0.2) is 15.7 Å². The molecule has 8 heteroatoms. The zero-order chi connectivity index (χ0) is 21.9. The third-order valence-electron chi connectivity index (χ3n) is 5.42. The van der Waals surface area contributed by atoms with Gasteiger partial charge in [0.2, 0.25) is 0 Å². The van der Waals surface area contributed by atoms with Gasteiger partial charge in [-0.25, -0.2) is 18.4 Å². The van der Waals surface area contributed by atoms with Crippen LogP contribution in [0, 0.1) is 13.8 Å². The topological polar surface area (TPSA) is 90.9 Å². The maximum absolute atomic E-state index is 12.5. The predicted molar refractivity (Wildman–Crippen MR) is 123 cm³/mol. The summed E-state index contributed by atoms with van der Waals surface area (Å²) < 4.78 is 27.2. The lowest BCUT2D eigenvalue weighted by Crippen LogP contribution is -2.08. The summed E-state index contributed by atoms with van der Waals surface area (Å²) in [6, 6.07) is 6.35. The van der Waals surface area contributed by atoms with E-state index < -0.39 is 9.84 Å². The van der Waals surface area contributed by atoms with Crippen LogP contribution in [0.3, 0.4) is 0 Å². The fraction of sp³-hybridized carbons (Fsp3) is 0.455. The summed E-state index contributed by atoms with van der Waals surface area (Å²) in [7, 11) is -3.28. The van der Waals surface area contributed by atoms with Crippen molar-refractivity contribution < 1.29 is 8.42 Å². The Labute approximate surface area is 183 Å². The smallest absolute Gasteiger partial charge is 0.178 e. The number of unbranched alkanes of at least 4 members (excludes halogenated alkanes) is 2. The molecule has 2 N–H and O–H groups in total. The second-order valence-electron chi connectivity index (χ2n) is 7.67. The summed E-state index contributed by atoms with van der Waals surface area (Å²) in [5, 5.41) is 0.533. The molecule has 0 atom stereocenters. The SMILES string of the molecule is CCCc1nc2c(N)nc(C)c(C)c2n1CCCCCS(=O)(=O)c1ccc(Cl)cc1. The van der Waals surface area contributed by atoms with Crippen LogP contribution in [0.5, 0.6) is 0 Å². The van der Waals surface area contributed by atoms with Gasteiger partial charge in [0, 0.05) is 23.7 Å². The summed E-state index contributed by atoms with van der Waals surface area (Å²) >= 11 is 5.85. The number of hydrogen-bond donors (Lipinski definition) is 1. The number of imidazole rings is 1. The first-order valence-corrected chi connectivity index (χ1v) is 12.4. The maximum Gasteiger partial charge on any atom is 0.178 e. The fourth-order valence-corrected chi connectivity index (χ4v) is 5.20. The van der Waals surface area contributed by atoms with Crippen LogP contribution >= 0.6 is 11.6 Å². The zero-order valence-corrected chi connectivity index (χ0v) is 19.4. The first-order chi connectivity index (χ1) is 14.2. The van der Waals surface area contributed by atoms with Gasteiger partial charge < -0.3 is 10.3 Å². The minimum atomic E-state index is -3.28. The Balaban J connectivity index is 1.68. The Kier molecular flexibility index (Phi) is 7.03. The molecule has 30 heavy (non-hydrogen) atoms. The van der Waals surface area contributed by atoms with Gasteiger partial charge in [-0.2, -0.15) is 0 Å². The van der Waals surface area contributed by atoms with Gasteiger partial charge >= 0.3 is 0 Å². The van der Waals surface area contributed by atoms with Crippen LogP contribution in [-0.2, 0) is 22.8 Å². The molecule has 0 radical (unpaired) electrons. The second-order valence-corrected chi connectivity index (χ2v) is 10.2. The van der Waals surface area contributed by atoms with Gasteiger partial charge in [0.05, 0.1) is 16.2 Å². The lowest BCUT2D eigenvalue weighted by Gasteiger charge is -2.12. The number of nitrogens with two attached hydrogens (primary N) is 1. The van der Waals surface area contributed by atoms with Crippen LogP contribution in [0.4, 0.5) is 5.82 Å². The Bertz CT molecular complexity index is 1140. The lowest BCUT2D eigenvalue weighted by molar-refractivity contribution is 0.572. The zero-order valence-electron chi connectivity index (χ0n) is 17.8. The molecule has 0 aliphatic rings. The molecule has 0 saturated heterocycles. The van der Waals surface area contributed by atoms with Crippen LogP contribution < -0.4 is 5.73 Å². The summed E-state index contributed by atoms with van der Waals surface area (Å²) in [5.74, 6) is 1.62. The van der Waals surface area contributed by atoms with Crippen molar-refractivity contribution in [3.63, 3.8) is 0 Å². The summed E-state index contributed by atoms with van der Waals surface area (Å²) in [6.07, 6.45) is 4.17. The van der Waals surface area contributed by atoms with E-state index in [2.05, 4.69) is 23.4 Å². The molecule has 0 amide bonds. The first-order valence-electron chi connectivity index (χ1n) is 10.3. The van der Waals surface area contributed by atoms with Crippen molar-refractivity contribution in [2.24, 2.45) is 0 Å². The molecule has 0 aliphatic carbocycles. The minimum Gasteiger partial charge on any atom is -0.382 e. The summed E-state index contributed by atoms with van der Waals surface area (Å²) in [5.41, 5.74) is 9.97. The third-order valence-corrected chi connectivity index (χ3v) is 7.48. The number of aryl methyl sites for hydroxylation is 4. The van der Waals surface area contributed by atoms with E-state index in [-0.39, 0.29) is 5.75 Å². The van der Waals surface area contributed by atoms with Crippen molar-refractivity contribution in [1.82, 2.24) is 14.5 Å². The maximum atomic E-state index is 12.5. The van der Waals surface area contributed by atoms with Crippen LogP contribution in [0.25, 0.3) is 11.0 Å². The number of nitrogen functional groups attached to an aromatic ring is 1. The van der Waals surface area contributed by atoms with Crippen molar-refractivity contribution in [3.05, 3.63) is 46.4 Å². The van der Waals surface area contributed by atoms with Gasteiger partial charge in [-0.3, -0.25) is 0 Å². The van der Waals surface area contributed by atoms with E-state index in [1.807, 2.05) is 6.92 Å². The number of benzene rings is 1. The van der Waals surface area contributed by atoms with Gasteiger partial charge in [0.25, 0.3) is 0 Å². The van der Waals surface area contributed by atoms with Gasteiger partial charge in [0.1, 0.15) is 11.3 Å². The van der Waals surface area contributed by atoms with E-state index in [1.165, 1.54) is 0 Å². The standard InChI is InChI=1S/C22H29ClN4O2S/c1-4-8-19-26-20-21(15(2)16(3)25-22(20)24)27(19)13-6-5-7-14-30(28,29)18-11-9-17(23)10-12-18/h9-12H,4-8,13-14H2,1-3H3,(H2,24,25). The molecule has 6 nitrogen and oxygen atoms in total. The predicted octanol–water partition coefficient (Wildman–Crippen LogP) is 4.88. The molecule has 0 unspecified atom stereocenters. The van der Waals surface area contributed by atoms with E-state index in [9.17, 15) is 8.42 Å². The van der Waals surface area contributed by atoms with Gasteiger partial charge in [-0.05, 0) is 62.9 Å². The van der Waals surface area contributed by atoms with E-state index in [0.29, 0.717) is 22.2 Å². The fourth-order valence-electron chi connectivity index (χ4n) is 3.70. The van der Waals surface area contributed by atoms with Crippen LogP contribution in [0.1, 0.15) is 49.7 Å². The number of aromatic nitrogens is 3. The highest BCUT2D eigenvalue weighted by Crippen LogP contribution is 2.27. The second kappa shape index (κ2) is 9.35. The van der Waals surface area contributed by atoms with Crippen molar-refractivity contribution >= 4 is 38.3 Å². The quantitative estimate of drug-likeness (QED) is 0.471. The highest BCUT2D eigenvalue weighted by atomic mass is 35.5. The molecule has 0 fully saturated rings. The Morgan fingerprint density at radius 2 is 1.77 bits per heavy atom. The van der Waals surface area contributed by atoms with Crippen LogP contribution in [0.15, 0.2) is 29.2 Å². The largest absolute Gasteiger partial charge is 0.382 e. The molecule has 0 aliphatic heterocycles. The number of hydrogen-bond acceptors (Lipinski definition) is 5. The highest BCUT2D eigenvalue weighted by Gasteiger charge is 2.17. The van der Waals surface area contributed by atoms with Gasteiger partial charge in [-0.1, -0.05) is 24.9 Å². The molecule has 0 saturated carbocycles.